The van der Waals surface area contributed by atoms with Crippen LogP contribution in [0.2, 0.25) is 0 Å². The molecule has 6 nitrogen and oxygen atoms in total. The molecule has 1 aliphatic heterocycles. The smallest absolute Gasteiger partial charge is 0.157 e. The molecule has 1 aromatic carbocycles. The molecule has 1 aromatic heterocycles. The predicted molar refractivity (Wildman–Crippen MR) is 102 cm³/mol. The first-order valence-electron chi connectivity index (χ1n) is 9.26. The van der Waals surface area contributed by atoms with Crippen molar-refractivity contribution in [2.45, 2.75) is 51.7 Å². The lowest BCUT2D eigenvalue weighted by Gasteiger charge is -2.22. The average Bonchev–Trinajstić information content (AvgIpc) is 3.02. The van der Waals surface area contributed by atoms with E-state index in [1.54, 1.807) is 4.68 Å². The summed E-state index contributed by atoms with van der Waals surface area (Å²) in [6.45, 7) is 8.13. The monoisotopic (exact) mass is 359 g/mol. The highest BCUT2D eigenvalue weighted by atomic mass is 16.7. The Morgan fingerprint density at radius 1 is 1.23 bits per heavy atom. The molecule has 0 saturated carbocycles. The van der Waals surface area contributed by atoms with Gasteiger partial charge >= 0.3 is 0 Å². The standard InChI is InChI=1S/C20H29N3O3/c1-20(2,3)17-14-18(21)23(22-17)15-7-6-8-16(13-15)24-11-12-26-19-9-4-5-10-25-19/h6-8,13-14,19H,4-5,9-12,21H2,1-3H3. The highest BCUT2D eigenvalue weighted by Crippen LogP contribution is 2.26. The topological polar surface area (TPSA) is 71.5 Å². The normalized spacial score (nSPS) is 18.0. The van der Waals surface area contributed by atoms with E-state index in [1.807, 2.05) is 30.3 Å². The number of rotatable bonds is 6. The SMILES string of the molecule is CC(C)(C)c1cc(N)n(-c2cccc(OCCOC3CCCCO3)c2)n1. The summed E-state index contributed by atoms with van der Waals surface area (Å²) in [5, 5.41) is 4.64. The van der Waals surface area contributed by atoms with Gasteiger partial charge in [-0.3, -0.25) is 0 Å². The van der Waals surface area contributed by atoms with Gasteiger partial charge in [-0.2, -0.15) is 5.10 Å². The minimum atomic E-state index is -0.0848. The highest BCUT2D eigenvalue weighted by molar-refractivity contribution is 5.46. The number of nitrogens with zero attached hydrogens (tertiary/aromatic N) is 2. The summed E-state index contributed by atoms with van der Waals surface area (Å²) >= 11 is 0. The van der Waals surface area contributed by atoms with Crippen molar-refractivity contribution in [3.8, 4) is 11.4 Å². The first-order chi connectivity index (χ1) is 12.4. The maximum absolute atomic E-state index is 6.15. The van der Waals surface area contributed by atoms with Crippen molar-refractivity contribution in [3.05, 3.63) is 36.0 Å². The van der Waals surface area contributed by atoms with E-state index in [4.69, 9.17) is 19.9 Å². The van der Waals surface area contributed by atoms with E-state index in [9.17, 15) is 0 Å². The molecule has 0 aliphatic carbocycles. The number of nitrogen functional groups attached to an aromatic ring is 1. The molecule has 1 fully saturated rings. The van der Waals surface area contributed by atoms with Gasteiger partial charge in [0.25, 0.3) is 0 Å². The van der Waals surface area contributed by atoms with E-state index in [-0.39, 0.29) is 11.7 Å². The number of nitrogens with two attached hydrogens (primary N) is 1. The van der Waals surface area contributed by atoms with Gasteiger partial charge in [-0.05, 0) is 31.4 Å². The van der Waals surface area contributed by atoms with Crippen LogP contribution in [0.4, 0.5) is 5.82 Å². The molecular formula is C20H29N3O3. The lowest BCUT2D eigenvalue weighted by atomic mass is 9.92. The Morgan fingerprint density at radius 2 is 2.08 bits per heavy atom. The van der Waals surface area contributed by atoms with Crippen LogP contribution in [0, 0.1) is 0 Å². The minimum Gasteiger partial charge on any atom is -0.491 e. The van der Waals surface area contributed by atoms with Crippen molar-refractivity contribution >= 4 is 5.82 Å². The van der Waals surface area contributed by atoms with Gasteiger partial charge in [0, 0.05) is 24.2 Å². The summed E-state index contributed by atoms with van der Waals surface area (Å²) < 4.78 is 18.8. The Bertz CT molecular complexity index is 715. The first-order valence-corrected chi connectivity index (χ1v) is 9.26. The largest absolute Gasteiger partial charge is 0.491 e. The molecule has 2 heterocycles. The fourth-order valence-corrected chi connectivity index (χ4v) is 2.86. The van der Waals surface area contributed by atoms with Crippen LogP contribution in [-0.4, -0.2) is 35.9 Å². The summed E-state index contributed by atoms with van der Waals surface area (Å²) in [5.74, 6) is 1.38. The molecule has 26 heavy (non-hydrogen) atoms. The molecule has 1 atom stereocenters. The van der Waals surface area contributed by atoms with Gasteiger partial charge in [-0.25, -0.2) is 4.68 Å². The van der Waals surface area contributed by atoms with Crippen LogP contribution in [-0.2, 0) is 14.9 Å². The van der Waals surface area contributed by atoms with Crippen molar-refractivity contribution in [2.75, 3.05) is 25.6 Å². The van der Waals surface area contributed by atoms with E-state index in [0.29, 0.717) is 19.0 Å². The van der Waals surface area contributed by atoms with E-state index >= 15 is 0 Å². The third-order valence-electron chi connectivity index (χ3n) is 4.36. The zero-order valence-electron chi connectivity index (χ0n) is 15.9. The van der Waals surface area contributed by atoms with Crippen LogP contribution >= 0.6 is 0 Å². The minimum absolute atomic E-state index is 0.0496. The Labute approximate surface area is 155 Å². The van der Waals surface area contributed by atoms with Crippen LogP contribution in [0.15, 0.2) is 30.3 Å². The molecule has 2 aromatic rings. The van der Waals surface area contributed by atoms with E-state index in [1.165, 1.54) is 0 Å². The third kappa shape index (κ3) is 4.77. The van der Waals surface area contributed by atoms with Gasteiger partial charge in [0.05, 0.1) is 18.0 Å². The maximum Gasteiger partial charge on any atom is 0.157 e. The van der Waals surface area contributed by atoms with Crippen molar-refractivity contribution in [2.24, 2.45) is 0 Å². The quantitative estimate of drug-likeness (QED) is 0.797. The lowest BCUT2D eigenvalue weighted by Crippen LogP contribution is -2.24. The highest BCUT2D eigenvalue weighted by Gasteiger charge is 2.19. The van der Waals surface area contributed by atoms with Crippen molar-refractivity contribution < 1.29 is 14.2 Å². The molecule has 3 rings (SSSR count). The molecule has 0 spiro atoms. The van der Waals surface area contributed by atoms with Gasteiger partial charge in [-0.1, -0.05) is 26.8 Å². The molecule has 142 valence electrons. The van der Waals surface area contributed by atoms with Crippen molar-refractivity contribution in [3.63, 3.8) is 0 Å². The summed E-state index contributed by atoms with van der Waals surface area (Å²) in [5.41, 5.74) is 7.94. The first kappa shape index (κ1) is 18.7. The van der Waals surface area contributed by atoms with Gasteiger partial charge in [0.1, 0.15) is 18.2 Å². The molecule has 1 unspecified atom stereocenters. The van der Waals surface area contributed by atoms with E-state index in [2.05, 4.69) is 25.9 Å². The maximum atomic E-state index is 6.15. The lowest BCUT2D eigenvalue weighted by molar-refractivity contribution is -0.165. The van der Waals surface area contributed by atoms with Crippen LogP contribution < -0.4 is 10.5 Å². The van der Waals surface area contributed by atoms with E-state index in [0.717, 1.165) is 43.0 Å². The second kappa shape index (κ2) is 8.10. The molecule has 2 N–H and O–H groups in total. The Kier molecular flexibility index (Phi) is 5.84. The summed E-state index contributed by atoms with van der Waals surface area (Å²) in [4.78, 5) is 0. The Morgan fingerprint density at radius 3 is 2.77 bits per heavy atom. The fraction of sp³-hybridized carbons (Fsp3) is 0.550. The zero-order chi connectivity index (χ0) is 18.6. The van der Waals surface area contributed by atoms with Crippen LogP contribution in [0.1, 0.15) is 45.7 Å². The summed E-state index contributed by atoms with van der Waals surface area (Å²) in [6, 6.07) is 9.69. The number of aromatic nitrogens is 2. The molecular weight excluding hydrogens is 330 g/mol. The van der Waals surface area contributed by atoms with E-state index < -0.39 is 0 Å². The summed E-state index contributed by atoms with van der Waals surface area (Å²) in [6.07, 6.45) is 3.16. The number of hydrogen-bond acceptors (Lipinski definition) is 5. The van der Waals surface area contributed by atoms with Crippen LogP contribution in [0.3, 0.4) is 0 Å². The molecule has 1 aliphatic rings. The van der Waals surface area contributed by atoms with Crippen LogP contribution in [0.25, 0.3) is 5.69 Å². The summed E-state index contributed by atoms with van der Waals surface area (Å²) in [7, 11) is 0. The Balaban J connectivity index is 1.59. The number of anilines is 1. The number of benzene rings is 1. The van der Waals surface area contributed by atoms with Crippen molar-refractivity contribution in [1.82, 2.24) is 9.78 Å². The van der Waals surface area contributed by atoms with Gasteiger partial charge in [0.15, 0.2) is 6.29 Å². The predicted octanol–water partition coefficient (Wildman–Crippen LogP) is 3.67. The van der Waals surface area contributed by atoms with Gasteiger partial charge in [-0.15, -0.1) is 0 Å². The molecule has 0 amide bonds. The molecule has 6 heteroatoms. The number of ether oxygens (including phenoxy) is 3. The fourth-order valence-electron chi connectivity index (χ4n) is 2.86. The molecule has 0 bridgehead atoms. The van der Waals surface area contributed by atoms with Gasteiger partial charge in [0.2, 0.25) is 0 Å². The second-order valence-electron chi connectivity index (χ2n) is 7.63. The number of hydrogen-bond donors (Lipinski definition) is 1. The zero-order valence-corrected chi connectivity index (χ0v) is 15.9. The van der Waals surface area contributed by atoms with Gasteiger partial charge < -0.3 is 19.9 Å². The molecule has 0 radical (unpaired) electrons. The average molecular weight is 359 g/mol. The third-order valence-corrected chi connectivity index (χ3v) is 4.36. The van der Waals surface area contributed by atoms with Crippen LogP contribution in [0.5, 0.6) is 5.75 Å². The Hall–Kier alpha value is -2.05. The van der Waals surface area contributed by atoms with Crippen molar-refractivity contribution in [1.29, 1.82) is 0 Å². The second-order valence-corrected chi connectivity index (χ2v) is 7.63. The molecule has 1 saturated heterocycles.